The number of fused-ring (bicyclic) bond motifs is 3. The third-order valence-electron chi connectivity index (χ3n) is 5.59. The second-order valence-electron chi connectivity index (χ2n) is 7.46. The van der Waals surface area contributed by atoms with Crippen LogP contribution in [0.1, 0.15) is 44.1 Å². The van der Waals surface area contributed by atoms with Gasteiger partial charge in [-0.15, -0.1) is 12.4 Å². The molecule has 2 heterocycles. The Balaban J connectivity index is 0.00000280. The Morgan fingerprint density at radius 1 is 1.11 bits per heavy atom. The van der Waals surface area contributed by atoms with Gasteiger partial charge in [0.2, 0.25) is 11.8 Å². The highest BCUT2D eigenvalue weighted by molar-refractivity contribution is 5.85. The average molecular weight is 410 g/mol. The molecule has 3 rings (SSSR count). The lowest BCUT2D eigenvalue weighted by molar-refractivity contribution is -0.136. The zero-order valence-corrected chi connectivity index (χ0v) is 17.3. The number of hydrogen-bond donors (Lipinski definition) is 1. The molecule has 28 heavy (non-hydrogen) atoms. The number of piperidine rings is 1. The van der Waals surface area contributed by atoms with Gasteiger partial charge in [-0.25, -0.2) is 0 Å². The van der Waals surface area contributed by atoms with Gasteiger partial charge in [0.15, 0.2) is 0 Å². The van der Waals surface area contributed by atoms with Crippen molar-refractivity contribution in [3.63, 3.8) is 0 Å². The molecule has 7 heteroatoms. The average Bonchev–Trinajstić information content (AvgIpc) is 2.70. The Kier molecular flexibility index (Phi) is 9.06. The molecule has 1 fully saturated rings. The molecule has 2 bridgehead atoms. The van der Waals surface area contributed by atoms with Crippen LogP contribution in [0.15, 0.2) is 24.3 Å². The summed E-state index contributed by atoms with van der Waals surface area (Å²) in [7, 11) is 0. The Morgan fingerprint density at radius 3 is 2.79 bits per heavy atom. The fraction of sp³-hybridized carbons (Fsp3) is 0.619. The lowest BCUT2D eigenvalue weighted by Gasteiger charge is -2.36. The smallest absolute Gasteiger partial charge is 0.236 e. The van der Waals surface area contributed by atoms with Crippen molar-refractivity contribution in [3.05, 3.63) is 29.8 Å². The number of amides is 2. The van der Waals surface area contributed by atoms with Crippen molar-refractivity contribution in [2.75, 3.05) is 32.8 Å². The summed E-state index contributed by atoms with van der Waals surface area (Å²) in [6.45, 7) is 2.30. The summed E-state index contributed by atoms with van der Waals surface area (Å²) in [6, 6.07) is 8.47. The number of benzene rings is 1. The number of carbonyl (C=O) groups is 2. The van der Waals surface area contributed by atoms with Gasteiger partial charge in [0.05, 0.1) is 13.1 Å². The van der Waals surface area contributed by atoms with E-state index in [1.165, 1.54) is 12.0 Å². The third kappa shape index (κ3) is 6.11. The number of nitrogens with zero attached hydrogens (tertiary/aromatic N) is 2. The number of halogens is 1. The summed E-state index contributed by atoms with van der Waals surface area (Å²) < 4.78 is 5.86. The van der Waals surface area contributed by atoms with E-state index < -0.39 is 0 Å². The van der Waals surface area contributed by atoms with Crippen LogP contribution in [-0.4, -0.2) is 60.4 Å². The van der Waals surface area contributed by atoms with Crippen molar-refractivity contribution in [2.45, 2.75) is 51.0 Å². The minimum absolute atomic E-state index is 0. The summed E-state index contributed by atoms with van der Waals surface area (Å²) in [5, 5.41) is 0. The standard InChI is InChI=1S/C21H31N3O3.ClH/c22-16-21(26)23-11-4-8-20(25)24-12-2-1-6-18(24)10-9-17-5-3-7-19(15-17)27-14-13-23;/h3,5,7,15,18H,1-2,4,6,8-14,16,22H2;1H. The zero-order chi connectivity index (χ0) is 19.1. The SMILES string of the molecule is Cl.NCC(=O)N1CCCC(=O)N2CCCCC2CCc2cccc(c2)OCC1. The predicted molar refractivity (Wildman–Crippen MR) is 112 cm³/mol. The van der Waals surface area contributed by atoms with Gasteiger partial charge in [0.1, 0.15) is 12.4 Å². The fourth-order valence-electron chi connectivity index (χ4n) is 4.08. The Bertz CT molecular complexity index is 656. The van der Waals surface area contributed by atoms with E-state index in [1.807, 2.05) is 12.1 Å². The van der Waals surface area contributed by atoms with E-state index in [0.29, 0.717) is 38.6 Å². The topological polar surface area (TPSA) is 75.9 Å². The van der Waals surface area contributed by atoms with Crippen LogP contribution in [0.5, 0.6) is 5.75 Å². The molecule has 1 atom stereocenters. The molecule has 0 aromatic heterocycles. The molecule has 1 aromatic rings. The van der Waals surface area contributed by atoms with Crippen molar-refractivity contribution in [2.24, 2.45) is 5.73 Å². The van der Waals surface area contributed by atoms with Gasteiger partial charge in [0.25, 0.3) is 0 Å². The number of ether oxygens (including phenoxy) is 1. The van der Waals surface area contributed by atoms with Crippen LogP contribution in [0.3, 0.4) is 0 Å². The second kappa shape index (κ2) is 11.3. The van der Waals surface area contributed by atoms with Crippen LogP contribution < -0.4 is 10.5 Å². The van der Waals surface area contributed by atoms with Gasteiger partial charge in [-0.1, -0.05) is 12.1 Å². The van der Waals surface area contributed by atoms with Crippen molar-refractivity contribution in [1.82, 2.24) is 9.80 Å². The van der Waals surface area contributed by atoms with Crippen LogP contribution in [0.25, 0.3) is 0 Å². The molecule has 1 aromatic carbocycles. The number of carbonyl (C=O) groups excluding carboxylic acids is 2. The molecular formula is C21H32ClN3O3. The monoisotopic (exact) mass is 409 g/mol. The summed E-state index contributed by atoms with van der Waals surface area (Å²) >= 11 is 0. The maximum Gasteiger partial charge on any atom is 0.236 e. The Labute approximate surface area is 173 Å². The molecule has 2 amide bonds. The Morgan fingerprint density at radius 2 is 1.96 bits per heavy atom. The molecule has 1 unspecified atom stereocenters. The number of nitrogens with two attached hydrogens (primary N) is 1. The van der Waals surface area contributed by atoms with Gasteiger partial charge in [0, 0.05) is 25.6 Å². The summed E-state index contributed by atoms with van der Waals surface area (Å²) in [5.41, 5.74) is 6.78. The molecule has 6 nitrogen and oxygen atoms in total. The summed E-state index contributed by atoms with van der Waals surface area (Å²) in [4.78, 5) is 28.7. The summed E-state index contributed by atoms with van der Waals surface area (Å²) in [5.74, 6) is 0.957. The molecule has 0 saturated carbocycles. The quantitative estimate of drug-likeness (QED) is 0.772. The minimum atomic E-state index is -0.0973. The molecule has 2 aliphatic rings. The summed E-state index contributed by atoms with van der Waals surface area (Å²) in [6.07, 6.45) is 6.46. The molecule has 1 saturated heterocycles. The molecule has 2 N–H and O–H groups in total. The van der Waals surface area contributed by atoms with Gasteiger partial charge in [-0.05, 0) is 56.2 Å². The highest BCUT2D eigenvalue weighted by Crippen LogP contribution is 2.24. The van der Waals surface area contributed by atoms with Crippen molar-refractivity contribution in [1.29, 1.82) is 0 Å². The van der Waals surface area contributed by atoms with Crippen molar-refractivity contribution < 1.29 is 14.3 Å². The maximum absolute atomic E-state index is 12.8. The second-order valence-corrected chi connectivity index (χ2v) is 7.46. The van der Waals surface area contributed by atoms with E-state index in [4.69, 9.17) is 10.5 Å². The Hall–Kier alpha value is -1.79. The lowest BCUT2D eigenvalue weighted by atomic mass is 9.95. The number of rotatable bonds is 1. The number of hydrogen-bond acceptors (Lipinski definition) is 4. The van der Waals surface area contributed by atoms with Crippen molar-refractivity contribution in [3.8, 4) is 5.75 Å². The minimum Gasteiger partial charge on any atom is -0.492 e. The van der Waals surface area contributed by atoms with Gasteiger partial charge >= 0.3 is 0 Å². The van der Waals surface area contributed by atoms with E-state index in [9.17, 15) is 9.59 Å². The number of aryl methyl sites for hydroxylation is 1. The molecule has 0 radical (unpaired) electrons. The highest BCUT2D eigenvalue weighted by Gasteiger charge is 2.26. The van der Waals surface area contributed by atoms with E-state index in [2.05, 4.69) is 17.0 Å². The normalized spacial score (nSPS) is 21.5. The molecule has 156 valence electrons. The molecule has 0 spiro atoms. The van der Waals surface area contributed by atoms with Crippen LogP contribution in [-0.2, 0) is 16.0 Å². The lowest BCUT2D eigenvalue weighted by Crippen LogP contribution is -2.44. The predicted octanol–water partition coefficient (Wildman–Crippen LogP) is 2.38. The first-order chi connectivity index (χ1) is 13.2. The first-order valence-electron chi connectivity index (χ1n) is 10.2. The van der Waals surface area contributed by atoms with E-state index in [1.54, 1.807) is 4.90 Å². The third-order valence-corrected chi connectivity index (χ3v) is 5.59. The van der Waals surface area contributed by atoms with Crippen molar-refractivity contribution >= 4 is 24.2 Å². The molecule has 0 aliphatic carbocycles. The molecular weight excluding hydrogens is 378 g/mol. The first kappa shape index (κ1) is 22.5. The van der Waals surface area contributed by atoms with E-state index >= 15 is 0 Å². The van der Waals surface area contributed by atoms with Crippen LogP contribution in [0.2, 0.25) is 0 Å². The maximum atomic E-state index is 12.8. The van der Waals surface area contributed by atoms with Gasteiger partial charge in [-0.3, -0.25) is 9.59 Å². The van der Waals surface area contributed by atoms with Crippen LogP contribution in [0, 0.1) is 0 Å². The molecule has 2 aliphatic heterocycles. The van der Waals surface area contributed by atoms with E-state index in [0.717, 1.165) is 38.0 Å². The largest absolute Gasteiger partial charge is 0.492 e. The van der Waals surface area contributed by atoms with Crippen LogP contribution >= 0.6 is 12.4 Å². The van der Waals surface area contributed by atoms with Gasteiger partial charge in [-0.2, -0.15) is 0 Å². The fourth-order valence-corrected chi connectivity index (χ4v) is 4.08. The first-order valence-corrected chi connectivity index (χ1v) is 10.2. The zero-order valence-electron chi connectivity index (χ0n) is 16.5. The highest BCUT2D eigenvalue weighted by atomic mass is 35.5. The van der Waals surface area contributed by atoms with Gasteiger partial charge < -0.3 is 20.3 Å². The van der Waals surface area contributed by atoms with E-state index in [-0.39, 0.29) is 30.8 Å². The van der Waals surface area contributed by atoms with Crippen LogP contribution in [0.4, 0.5) is 0 Å².